The number of nitrogen functional groups attached to an aromatic ring is 1. The number of hydrogen-bond acceptors (Lipinski definition) is 7. The second kappa shape index (κ2) is 6.82. The Bertz CT molecular complexity index is 496. The van der Waals surface area contributed by atoms with Crippen LogP contribution in [0.1, 0.15) is 41.3 Å². The SMILES string of the molecule is CCCN1CCOC(c2nc(C)c(C(=O)OC)c(N)n2)C1. The average molecular weight is 294 g/mol. The van der Waals surface area contributed by atoms with Crippen LogP contribution in [0.25, 0.3) is 0 Å². The van der Waals surface area contributed by atoms with Crippen LogP contribution in [-0.2, 0) is 9.47 Å². The molecule has 1 fully saturated rings. The van der Waals surface area contributed by atoms with Crippen molar-refractivity contribution >= 4 is 11.8 Å². The van der Waals surface area contributed by atoms with Crippen LogP contribution in [0.3, 0.4) is 0 Å². The summed E-state index contributed by atoms with van der Waals surface area (Å²) in [6.07, 6.45) is 0.883. The number of aryl methyl sites for hydroxylation is 1. The van der Waals surface area contributed by atoms with Crippen LogP contribution in [0.15, 0.2) is 0 Å². The first-order valence-electron chi connectivity index (χ1n) is 7.13. The molecule has 21 heavy (non-hydrogen) atoms. The molecule has 116 valence electrons. The van der Waals surface area contributed by atoms with E-state index in [0.717, 1.165) is 26.1 Å². The second-order valence-electron chi connectivity index (χ2n) is 5.08. The Labute approximate surface area is 124 Å². The maximum Gasteiger partial charge on any atom is 0.343 e. The zero-order chi connectivity index (χ0) is 15.4. The van der Waals surface area contributed by atoms with E-state index in [1.165, 1.54) is 7.11 Å². The molecular weight excluding hydrogens is 272 g/mol. The van der Waals surface area contributed by atoms with Gasteiger partial charge in [-0.3, -0.25) is 4.90 Å². The summed E-state index contributed by atoms with van der Waals surface area (Å²) in [7, 11) is 1.31. The van der Waals surface area contributed by atoms with Crippen LogP contribution in [0.5, 0.6) is 0 Å². The van der Waals surface area contributed by atoms with E-state index in [-0.39, 0.29) is 17.5 Å². The second-order valence-corrected chi connectivity index (χ2v) is 5.08. The van der Waals surface area contributed by atoms with Gasteiger partial charge in [-0.05, 0) is 19.9 Å². The predicted octanol–water partition coefficient (Wildman–Crippen LogP) is 0.937. The third kappa shape index (κ3) is 3.48. The van der Waals surface area contributed by atoms with Gasteiger partial charge < -0.3 is 15.2 Å². The largest absolute Gasteiger partial charge is 0.465 e. The number of methoxy groups -OCH3 is 1. The van der Waals surface area contributed by atoms with Crippen molar-refractivity contribution in [3.63, 3.8) is 0 Å². The van der Waals surface area contributed by atoms with E-state index in [9.17, 15) is 4.79 Å². The number of esters is 1. The number of nitrogens with zero attached hydrogens (tertiary/aromatic N) is 3. The van der Waals surface area contributed by atoms with Gasteiger partial charge in [-0.1, -0.05) is 6.92 Å². The van der Waals surface area contributed by atoms with Crippen LogP contribution in [0.2, 0.25) is 0 Å². The molecule has 2 N–H and O–H groups in total. The maximum absolute atomic E-state index is 11.7. The standard InChI is InChI=1S/C14H22N4O3/c1-4-5-18-6-7-21-10(8-18)13-16-9(2)11(12(15)17-13)14(19)20-3/h10H,4-8H2,1-3H3,(H2,15,16,17). The Morgan fingerprint density at radius 2 is 2.29 bits per heavy atom. The van der Waals surface area contributed by atoms with Gasteiger partial charge in [0.15, 0.2) is 5.82 Å². The Hall–Kier alpha value is -1.73. The first kappa shape index (κ1) is 15.7. The van der Waals surface area contributed by atoms with E-state index in [0.29, 0.717) is 18.1 Å². The number of anilines is 1. The van der Waals surface area contributed by atoms with E-state index >= 15 is 0 Å². The van der Waals surface area contributed by atoms with Crippen molar-refractivity contribution in [1.82, 2.24) is 14.9 Å². The molecular formula is C14H22N4O3. The number of nitrogens with two attached hydrogens (primary N) is 1. The quantitative estimate of drug-likeness (QED) is 0.826. The Balaban J connectivity index is 2.23. The zero-order valence-corrected chi connectivity index (χ0v) is 12.8. The molecule has 1 saturated heterocycles. The van der Waals surface area contributed by atoms with Crippen molar-refractivity contribution in [2.75, 3.05) is 39.1 Å². The summed E-state index contributed by atoms with van der Waals surface area (Å²) in [5.41, 5.74) is 6.62. The van der Waals surface area contributed by atoms with Gasteiger partial charge in [0, 0.05) is 13.1 Å². The molecule has 0 aliphatic carbocycles. The van der Waals surface area contributed by atoms with Gasteiger partial charge in [0.05, 0.1) is 19.4 Å². The highest BCUT2D eigenvalue weighted by Gasteiger charge is 2.26. The van der Waals surface area contributed by atoms with Gasteiger partial charge in [0.25, 0.3) is 0 Å². The summed E-state index contributed by atoms with van der Waals surface area (Å²) in [5.74, 6) is 0.146. The molecule has 1 unspecified atom stereocenters. The van der Waals surface area contributed by atoms with E-state index in [2.05, 4.69) is 21.8 Å². The number of aromatic nitrogens is 2. The monoisotopic (exact) mass is 294 g/mol. The highest BCUT2D eigenvalue weighted by molar-refractivity contribution is 5.95. The van der Waals surface area contributed by atoms with E-state index < -0.39 is 5.97 Å². The molecule has 0 saturated carbocycles. The summed E-state index contributed by atoms with van der Waals surface area (Å²) in [6.45, 7) is 7.19. The van der Waals surface area contributed by atoms with E-state index in [1.807, 2.05) is 0 Å². The summed E-state index contributed by atoms with van der Waals surface area (Å²) < 4.78 is 10.4. The van der Waals surface area contributed by atoms with Crippen LogP contribution < -0.4 is 5.73 Å². The molecule has 0 spiro atoms. The molecule has 2 rings (SSSR count). The van der Waals surface area contributed by atoms with Gasteiger partial charge in [-0.25, -0.2) is 14.8 Å². The number of ether oxygens (including phenoxy) is 2. The van der Waals surface area contributed by atoms with Crippen LogP contribution in [-0.4, -0.2) is 54.2 Å². The highest BCUT2D eigenvalue weighted by Crippen LogP contribution is 2.23. The van der Waals surface area contributed by atoms with Crippen LogP contribution in [0, 0.1) is 6.92 Å². The average Bonchev–Trinajstić information content (AvgIpc) is 2.47. The maximum atomic E-state index is 11.7. The molecule has 1 aromatic heterocycles. The molecule has 0 bridgehead atoms. The van der Waals surface area contributed by atoms with Crippen LogP contribution in [0.4, 0.5) is 5.82 Å². The molecule has 1 aliphatic heterocycles. The zero-order valence-electron chi connectivity index (χ0n) is 12.8. The molecule has 7 heteroatoms. The lowest BCUT2D eigenvalue weighted by Crippen LogP contribution is -2.39. The van der Waals surface area contributed by atoms with Gasteiger partial charge in [0.2, 0.25) is 0 Å². The van der Waals surface area contributed by atoms with E-state index in [1.54, 1.807) is 6.92 Å². The van der Waals surface area contributed by atoms with Gasteiger partial charge in [-0.2, -0.15) is 0 Å². The lowest BCUT2D eigenvalue weighted by atomic mass is 10.2. The Kier molecular flexibility index (Phi) is 5.08. The number of carbonyl (C=O) groups is 1. The van der Waals surface area contributed by atoms with Crippen molar-refractivity contribution in [3.05, 3.63) is 17.1 Å². The van der Waals surface area contributed by atoms with Gasteiger partial charge in [-0.15, -0.1) is 0 Å². The van der Waals surface area contributed by atoms with Crippen molar-refractivity contribution in [2.45, 2.75) is 26.4 Å². The topological polar surface area (TPSA) is 90.6 Å². The number of hydrogen-bond donors (Lipinski definition) is 1. The van der Waals surface area contributed by atoms with Gasteiger partial charge in [0.1, 0.15) is 17.5 Å². The molecule has 7 nitrogen and oxygen atoms in total. The van der Waals surface area contributed by atoms with Crippen LogP contribution >= 0.6 is 0 Å². The van der Waals surface area contributed by atoms with Crippen molar-refractivity contribution in [1.29, 1.82) is 0 Å². The first-order chi connectivity index (χ1) is 10.1. The Morgan fingerprint density at radius 3 is 2.90 bits per heavy atom. The summed E-state index contributed by atoms with van der Waals surface area (Å²) >= 11 is 0. The molecule has 1 aliphatic rings. The summed E-state index contributed by atoms with van der Waals surface area (Å²) in [5, 5.41) is 0. The lowest BCUT2D eigenvalue weighted by Gasteiger charge is -2.32. The molecule has 1 aromatic rings. The Morgan fingerprint density at radius 1 is 1.52 bits per heavy atom. The minimum atomic E-state index is -0.520. The number of carbonyl (C=O) groups excluding carboxylic acids is 1. The molecule has 2 heterocycles. The smallest absolute Gasteiger partial charge is 0.343 e. The van der Waals surface area contributed by atoms with Crippen molar-refractivity contribution in [2.24, 2.45) is 0 Å². The first-order valence-corrected chi connectivity index (χ1v) is 7.13. The third-order valence-corrected chi connectivity index (χ3v) is 3.50. The normalized spacial score (nSPS) is 19.5. The molecule has 1 atom stereocenters. The molecule has 0 radical (unpaired) electrons. The predicted molar refractivity (Wildman–Crippen MR) is 77.9 cm³/mol. The van der Waals surface area contributed by atoms with E-state index in [4.69, 9.17) is 15.2 Å². The minimum absolute atomic E-state index is 0.139. The summed E-state index contributed by atoms with van der Waals surface area (Å²) in [4.78, 5) is 22.6. The van der Waals surface area contributed by atoms with Crippen molar-refractivity contribution in [3.8, 4) is 0 Å². The highest BCUT2D eigenvalue weighted by atomic mass is 16.5. The fraction of sp³-hybridized carbons (Fsp3) is 0.643. The van der Waals surface area contributed by atoms with Gasteiger partial charge >= 0.3 is 5.97 Å². The number of morpholine rings is 1. The third-order valence-electron chi connectivity index (χ3n) is 3.50. The summed E-state index contributed by atoms with van der Waals surface area (Å²) in [6, 6.07) is 0. The minimum Gasteiger partial charge on any atom is -0.465 e. The fourth-order valence-electron chi connectivity index (χ4n) is 2.49. The lowest BCUT2D eigenvalue weighted by molar-refractivity contribution is -0.0342. The number of rotatable bonds is 4. The molecule has 0 aromatic carbocycles. The molecule has 0 amide bonds. The fourth-order valence-corrected chi connectivity index (χ4v) is 2.49. The van der Waals surface area contributed by atoms with Crippen molar-refractivity contribution < 1.29 is 14.3 Å².